The number of ketones is 1. The number of Topliss-reactive ketones (excluding diaryl/α,β-unsaturated/α-hetero) is 1. The molecule has 16 heteroatoms. The van der Waals surface area contributed by atoms with E-state index in [9.17, 15) is 51.3 Å². The van der Waals surface area contributed by atoms with Gasteiger partial charge in [0, 0.05) is 36.2 Å². The number of aliphatic hydroxyl groups excluding tert-OH is 1. The number of aliphatic hydroxyl groups is 3. The van der Waals surface area contributed by atoms with Crippen LogP contribution in [0.1, 0.15) is 76.1 Å². The second-order valence-corrected chi connectivity index (χ2v) is 16.8. The van der Waals surface area contributed by atoms with Gasteiger partial charge in [0.15, 0.2) is 28.2 Å². The Morgan fingerprint density at radius 1 is 1.04 bits per heavy atom. The van der Waals surface area contributed by atoms with E-state index in [0.717, 1.165) is 18.2 Å². The smallest absolute Gasteiger partial charge is 0.410 e. The van der Waals surface area contributed by atoms with E-state index in [-0.39, 0.29) is 36.4 Å². The van der Waals surface area contributed by atoms with Crippen molar-refractivity contribution in [2.24, 2.45) is 11.8 Å². The third-order valence-electron chi connectivity index (χ3n) is 9.68. The lowest BCUT2D eigenvalue weighted by Crippen LogP contribution is -2.55. The Morgan fingerprint density at radius 3 is 2.20 bits per heavy atom. The van der Waals surface area contributed by atoms with Crippen molar-refractivity contribution in [2.45, 2.75) is 98.9 Å². The van der Waals surface area contributed by atoms with Crippen LogP contribution in [0.4, 0.5) is 23.7 Å². The number of carbonyl (C=O) groups is 3. The van der Waals surface area contributed by atoms with E-state index in [4.69, 9.17) is 16.3 Å². The molecule has 2 bridgehead atoms. The molecule has 2 saturated carbocycles. The number of likely N-dealkylation sites (tertiary alicyclic amines) is 1. The van der Waals surface area contributed by atoms with Gasteiger partial charge in [-0.3, -0.25) is 14.5 Å². The summed E-state index contributed by atoms with van der Waals surface area (Å²) in [5.41, 5.74) is -3.04. The second kappa shape index (κ2) is 13.1. The molecule has 0 spiro atoms. The molecule has 2 amide bonds. The van der Waals surface area contributed by atoms with Gasteiger partial charge in [0.1, 0.15) is 5.60 Å². The maximum Gasteiger partial charge on any atom is 0.410 e. The lowest BCUT2D eigenvalue weighted by molar-refractivity contribution is -0.130. The highest BCUT2D eigenvalue weighted by molar-refractivity contribution is 7.92. The molecule has 2 aromatic carbocycles. The average Bonchev–Trinajstić information content (AvgIpc) is 3.45. The first-order chi connectivity index (χ1) is 22.6. The molecule has 0 radical (unpaired) electrons. The summed E-state index contributed by atoms with van der Waals surface area (Å²) >= 11 is 6.25. The number of nitrogens with one attached hydrogen (secondary N) is 1. The van der Waals surface area contributed by atoms with Gasteiger partial charge in [-0.25, -0.2) is 26.4 Å². The van der Waals surface area contributed by atoms with Crippen molar-refractivity contribution in [3.05, 3.63) is 58.4 Å². The van der Waals surface area contributed by atoms with Gasteiger partial charge in [-0.15, -0.1) is 0 Å². The Labute approximate surface area is 286 Å². The number of amides is 2. The van der Waals surface area contributed by atoms with E-state index in [1.165, 1.54) is 4.90 Å². The van der Waals surface area contributed by atoms with Crippen LogP contribution in [0.3, 0.4) is 0 Å². The number of hydrogen-bond acceptors (Lipinski definition) is 9. The number of rotatable bonds is 8. The van der Waals surface area contributed by atoms with Crippen LogP contribution in [-0.2, 0) is 19.4 Å². The lowest BCUT2D eigenvalue weighted by Gasteiger charge is -2.46. The Bertz CT molecular complexity index is 1750. The molecule has 5 rings (SSSR count). The molecule has 6 atom stereocenters. The number of β-amino-alcohol motifs (C(OH)–C–C–N with tert-alkyl or cyclic N) is 1. The van der Waals surface area contributed by atoms with Crippen LogP contribution >= 0.6 is 11.6 Å². The topological polar surface area (TPSA) is 171 Å². The van der Waals surface area contributed by atoms with Crippen LogP contribution in [0.5, 0.6) is 0 Å². The molecule has 3 fully saturated rings. The van der Waals surface area contributed by atoms with Gasteiger partial charge in [0.2, 0.25) is 9.84 Å². The number of benzene rings is 2. The third-order valence-corrected chi connectivity index (χ3v) is 12.4. The highest BCUT2D eigenvalue weighted by atomic mass is 35.5. The molecule has 1 heterocycles. The third kappa shape index (κ3) is 7.18. The first-order valence-corrected chi connectivity index (χ1v) is 17.7. The largest absolute Gasteiger partial charge is 0.444 e. The summed E-state index contributed by atoms with van der Waals surface area (Å²) in [5.74, 6) is -7.68. The molecule has 1 saturated heterocycles. The molecule has 4 N–H and O–H groups in total. The molecule has 3 aliphatic rings. The lowest BCUT2D eigenvalue weighted by atomic mass is 9.70. The zero-order valence-electron chi connectivity index (χ0n) is 27.0. The van der Waals surface area contributed by atoms with E-state index >= 15 is 0 Å². The summed E-state index contributed by atoms with van der Waals surface area (Å²) in [7, 11) is -4.69. The maximum atomic E-state index is 14.0. The van der Waals surface area contributed by atoms with Crippen molar-refractivity contribution in [1.29, 1.82) is 0 Å². The summed E-state index contributed by atoms with van der Waals surface area (Å²) in [4.78, 5) is 37.1. The van der Waals surface area contributed by atoms with Crippen molar-refractivity contribution in [3.8, 4) is 0 Å². The SMILES string of the molecule is CC(C)(C)OC(=O)N1C[C@@H](O)C[C@H]1C(=O)CCC1(O)C2CC[C@H]1CC(O)(S(=O)(=O)c1cc(C(=O)Nc3cc(F)c(F)c(F)c3)ccc1Cl)C2. The minimum atomic E-state index is -4.69. The van der Waals surface area contributed by atoms with Gasteiger partial charge in [-0.05, 0) is 82.9 Å². The number of fused-ring (bicyclic) bond motifs is 2. The highest BCUT2D eigenvalue weighted by Gasteiger charge is 2.61. The monoisotopic (exact) mass is 730 g/mol. The Balaban J connectivity index is 1.30. The molecule has 268 valence electrons. The van der Waals surface area contributed by atoms with Crippen molar-refractivity contribution >= 4 is 44.9 Å². The number of hydrogen-bond donors (Lipinski definition) is 4. The number of carbonyl (C=O) groups excluding carboxylic acids is 3. The predicted octanol–water partition coefficient (Wildman–Crippen LogP) is 4.74. The highest BCUT2D eigenvalue weighted by Crippen LogP contribution is 2.57. The molecule has 11 nitrogen and oxygen atoms in total. The molecule has 49 heavy (non-hydrogen) atoms. The van der Waals surface area contributed by atoms with Crippen LogP contribution in [0.15, 0.2) is 35.2 Å². The van der Waals surface area contributed by atoms with E-state index in [2.05, 4.69) is 5.32 Å². The normalized spacial score (nSPS) is 28.4. The number of ether oxygens (including phenoxy) is 1. The van der Waals surface area contributed by atoms with E-state index in [1.54, 1.807) is 20.8 Å². The Hall–Kier alpha value is -3.24. The van der Waals surface area contributed by atoms with Crippen LogP contribution in [0.25, 0.3) is 0 Å². The van der Waals surface area contributed by atoms with Gasteiger partial charge in [-0.1, -0.05) is 11.6 Å². The summed E-state index contributed by atoms with van der Waals surface area (Å²) in [6.45, 7) is 4.94. The Morgan fingerprint density at radius 2 is 1.63 bits per heavy atom. The molecule has 2 aromatic rings. The zero-order chi connectivity index (χ0) is 36.3. The van der Waals surface area contributed by atoms with Gasteiger partial charge >= 0.3 is 6.09 Å². The molecule has 0 aromatic heterocycles. The number of anilines is 1. The summed E-state index contributed by atoms with van der Waals surface area (Å²) < 4.78 is 74.0. The fourth-order valence-electron chi connectivity index (χ4n) is 7.29. The molecule has 1 aliphatic heterocycles. The first-order valence-electron chi connectivity index (χ1n) is 15.8. The fraction of sp³-hybridized carbons (Fsp3) is 0.545. The van der Waals surface area contributed by atoms with Crippen molar-refractivity contribution in [2.75, 3.05) is 11.9 Å². The minimum Gasteiger partial charge on any atom is -0.444 e. The van der Waals surface area contributed by atoms with E-state index in [0.29, 0.717) is 25.0 Å². The average molecular weight is 731 g/mol. The molecule has 2 aliphatic carbocycles. The van der Waals surface area contributed by atoms with Crippen LogP contribution in [0.2, 0.25) is 5.02 Å². The van der Waals surface area contributed by atoms with E-state index in [1.807, 2.05) is 0 Å². The fourth-order valence-corrected chi connectivity index (χ4v) is 9.57. The van der Waals surface area contributed by atoms with Crippen LogP contribution in [0, 0.1) is 29.3 Å². The van der Waals surface area contributed by atoms with Crippen LogP contribution < -0.4 is 5.32 Å². The minimum absolute atomic E-state index is 0.0108. The summed E-state index contributed by atoms with van der Waals surface area (Å²) in [5, 5.41) is 35.6. The van der Waals surface area contributed by atoms with Gasteiger partial charge in [0.25, 0.3) is 5.91 Å². The summed E-state index contributed by atoms with van der Waals surface area (Å²) in [6.07, 6.45) is -1.97. The molecular formula is C33H38ClF3N2O9S. The first kappa shape index (κ1) is 37.0. The van der Waals surface area contributed by atoms with E-state index < -0.39 is 109 Å². The van der Waals surface area contributed by atoms with Crippen molar-refractivity contribution in [1.82, 2.24) is 4.90 Å². The molecule has 3 unspecified atom stereocenters. The number of sulfone groups is 1. The Kier molecular flexibility index (Phi) is 9.93. The molecular weight excluding hydrogens is 693 g/mol. The van der Waals surface area contributed by atoms with Gasteiger partial charge in [0.05, 0.1) is 34.2 Å². The van der Waals surface area contributed by atoms with Gasteiger partial charge in [-0.2, -0.15) is 0 Å². The van der Waals surface area contributed by atoms with Crippen LogP contribution in [-0.4, -0.2) is 81.2 Å². The zero-order valence-corrected chi connectivity index (χ0v) is 28.6. The number of halogens is 4. The van der Waals surface area contributed by atoms with Crippen molar-refractivity contribution < 1.29 is 56.0 Å². The van der Waals surface area contributed by atoms with Crippen molar-refractivity contribution in [3.63, 3.8) is 0 Å². The number of nitrogens with zero attached hydrogens (tertiary/aromatic N) is 1. The summed E-state index contributed by atoms with van der Waals surface area (Å²) in [6, 6.07) is 3.32. The predicted molar refractivity (Wildman–Crippen MR) is 170 cm³/mol. The standard InChI is InChI=1S/C33H38ClF3N2O9S/c1-31(2,3)48-30(43)39-16-21(40)13-25(39)26(41)8-9-33(45)18-5-6-19(33)15-32(44,14-18)49(46,47)27-10-17(4-7-22(27)34)29(42)38-20-11-23(35)28(37)24(36)12-20/h4,7,10-12,18-19,21,25,40,44-45H,5-6,8-9,13-16H2,1-3H3,(H,38,42)/t18-,19?,21-,25-,32?,33?/m0/s1. The quantitative estimate of drug-likeness (QED) is 0.280. The maximum absolute atomic E-state index is 14.0. The second-order valence-electron chi connectivity index (χ2n) is 14.2. The van der Waals surface area contributed by atoms with Gasteiger partial charge < -0.3 is 25.4 Å².